The minimum Gasteiger partial charge on any atom is -0.349 e. The monoisotopic (exact) mass is 252 g/mol. The van der Waals surface area contributed by atoms with Crippen LogP contribution in [0, 0.1) is 0 Å². The first-order chi connectivity index (χ1) is 9.34. The number of hydrogen-bond acceptors (Lipinski definition) is 3. The van der Waals surface area contributed by atoms with Crippen LogP contribution in [0.4, 0.5) is 0 Å². The molecule has 2 aromatic carbocycles. The molecule has 0 fully saturated rings. The lowest BCUT2D eigenvalue weighted by molar-refractivity contribution is -0.643. The van der Waals surface area contributed by atoms with Crippen molar-refractivity contribution in [1.29, 1.82) is 0 Å². The number of nitrogens with one attached hydrogen (secondary N) is 2. The molecule has 1 aliphatic heterocycles. The summed E-state index contributed by atoms with van der Waals surface area (Å²) in [4.78, 5) is 20.5. The molecule has 0 saturated heterocycles. The Labute approximate surface area is 108 Å². The van der Waals surface area contributed by atoms with E-state index in [2.05, 4.69) is 10.6 Å². The van der Waals surface area contributed by atoms with Crippen LogP contribution in [0.2, 0.25) is 0 Å². The van der Waals surface area contributed by atoms with Gasteiger partial charge in [-0.05, 0) is 24.3 Å². The van der Waals surface area contributed by atoms with Crippen molar-refractivity contribution in [3.05, 3.63) is 58.9 Å². The average Bonchev–Trinajstić information content (AvgIpc) is 2.47. The molecule has 0 unspecified atom stereocenters. The van der Waals surface area contributed by atoms with Crippen molar-refractivity contribution >= 4 is 10.9 Å². The standard InChI is InChI=1S/C14H9N3O2/c18-14-9-5-1-3-7-11(9)17-13(15-14)10-6-2-4-8-12(10)19-16-17/h1-8,16H/p+1. The van der Waals surface area contributed by atoms with E-state index < -0.39 is 0 Å². The fourth-order valence-electron chi connectivity index (χ4n) is 2.34. The van der Waals surface area contributed by atoms with E-state index in [9.17, 15) is 4.79 Å². The van der Waals surface area contributed by atoms with E-state index in [0.29, 0.717) is 17.0 Å². The molecule has 4 rings (SSSR count). The number of aromatic amines is 1. The summed E-state index contributed by atoms with van der Waals surface area (Å²) in [6.07, 6.45) is 0. The van der Waals surface area contributed by atoms with Gasteiger partial charge in [0.15, 0.2) is 11.3 Å². The Balaban J connectivity index is 2.16. The minimum absolute atomic E-state index is 0.111. The average molecular weight is 252 g/mol. The first-order valence-electron chi connectivity index (χ1n) is 5.94. The van der Waals surface area contributed by atoms with Crippen molar-refractivity contribution in [3.8, 4) is 17.1 Å². The van der Waals surface area contributed by atoms with Gasteiger partial charge < -0.3 is 4.84 Å². The van der Waals surface area contributed by atoms with E-state index in [1.807, 2.05) is 42.5 Å². The van der Waals surface area contributed by atoms with Crippen LogP contribution in [0.1, 0.15) is 0 Å². The first kappa shape index (κ1) is 10.1. The number of para-hydroxylation sites is 2. The Kier molecular flexibility index (Phi) is 1.91. The van der Waals surface area contributed by atoms with E-state index in [0.717, 1.165) is 11.1 Å². The summed E-state index contributed by atoms with van der Waals surface area (Å²) in [5.74, 6) is 1.37. The van der Waals surface area contributed by atoms with Crippen LogP contribution in [-0.4, -0.2) is 4.98 Å². The third-order valence-electron chi connectivity index (χ3n) is 3.23. The maximum absolute atomic E-state index is 12.1. The molecule has 0 saturated carbocycles. The van der Waals surface area contributed by atoms with E-state index in [1.165, 1.54) is 0 Å². The summed E-state index contributed by atoms with van der Waals surface area (Å²) < 4.78 is 1.74. The van der Waals surface area contributed by atoms with Crippen molar-refractivity contribution < 1.29 is 9.51 Å². The highest BCUT2D eigenvalue weighted by molar-refractivity contribution is 5.76. The van der Waals surface area contributed by atoms with Crippen LogP contribution < -0.4 is 20.7 Å². The second-order valence-electron chi connectivity index (χ2n) is 4.34. The third kappa shape index (κ3) is 1.35. The molecule has 1 aromatic heterocycles. The van der Waals surface area contributed by atoms with Gasteiger partial charge in [-0.3, -0.25) is 0 Å². The normalized spacial score (nSPS) is 12.2. The molecule has 2 heterocycles. The molecule has 0 amide bonds. The lowest BCUT2D eigenvalue weighted by atomic mass is 10.1. The van der Waals surface area contributed by atoms with Crippen molar-refractivity contribution in [2.45, 2.75) is 0 Å². The number of rotatable bonds is 0. The van der Waals surface area contributed by atoms with Gasteiger partial charge in [-0.15, -0.1) is 0 Å². The largest absolute Gasteiger partial charge is 0.349 e. The van der Waals surface area contributed by atoms with E-state index in [-0.39, 0.29) is 5.56 Å². The molecule has 1 aliphatic rings. The number of aromatic nitrogens is 2. The molecule has 5 nitrogen and oxygen atoms in total. The Morgan fingerprint density at radius 1 is 1.00 bits per heavy atom. The summed E-state index contributed by atoms with van der Waals surface area (Å²) in [6.45, 7) is 0. The number of hydrogen-bond donors (Lipinski definition) is 2. The zero-order valence-electron chi connectivity index (χ0n) is 9.88. The van der Waals surface area contributed by atoms with Gasteiger partial charge in [0.05, 0.1) is 0 Å². The van der Waals surface area contributed by atoms with Crippen LogP contribution in [0.5, 0.6) is 5.75 Å². The van der Waals surface area contributed by atoms with E-state index in [4.69, 9.17) is 4.84 Å². The number of nitrogens with zero attached hydrogens (tertiary/aromatic N) is 1. The van der Waals surface area contributed by atoms with E-state index in [1.54, 1.807) is 10.7 Å². The zero-order valence-corrected chi connectivity index (χ0v) is 9.88. The molecule has 92 valence electrons. The summed E-state index contributed by atoms with van der Waals surface area (Å²) in [5.41, 5.74) is 4.35. The van der Waals surface area contributed by atoms with Crippen LogP contribution >= 0.6 is 0 Å². The minimum atomic E-state index is -0.111. The summed E-state index contributed by atoms with van der Waals surface area (Å²) in [5, 5.41) is 0.613. The maximum atomic E-state index is 12.1. The Morgan fingerprint density at radius 2 is 1.79 bits per heavy atom. The number of benzene rings is 2. The summed E-state index contributed by atoms with van der Waals surface area (Å²) in [7, 11) is 0. The lowest BCUT2D eigenvalue weighted by Crippen LogP contribution is -2.53. The highest BCUT2D eigenvalue weighted by Gasteiger charge is 2.26. The molecule has 0 aliphatic carbocycles. The number of fused-ring (bicyclic) bond motifs is 5. The van der Waals surface area contributed by atoms with Crippen LogP contribution in [0.15, 0.2) is 53.3 Å². The first-order valence-corrected chi connectivity index (χ1v) is 5.94. The van der Waals surface area contributed by atoms with Gasteiger partial charge >= 0.3 is 11.4 Å². The predicted molar refractivity (Wildman–Crippen MR) is 70.2 cm³/mol. The van der Waals surface area contributed by atoms with Gasteiger partial charge in [0.2, 0.25) is 0 Å². The second kappa shape index (κ2) is 3.58. The lowest BCUT2D eigenvalue weighted by Gasteiger charge is -2.17. The van der Waals surface area contributed by atoms with Crippen LogP contribution in [-0.2, 0) is 0 Å². The fourth-order valence-corrected chi connectivity index (χ4v) is 2.34. The van der Waals surface area contributed by atoms with Crippen molar-refractivity contribution in [1.82, 2.24) is 4.98 Å². The molecule has 0 atom stereocenters. The van der Waals surface area contributed by atoms with Crippen LogP contribution in [0.25, 0.3) is 22.3 Å². The Bertz CT molecular complexity index is 855. The van der Waals surface area contributed by atoms with Crippen molar-refractivity contribution in [2.24, 2.45) is 0 Å². The molecule has 0 bridgehead atoms. The van der Waals surface area contributed by atoms with Gasteiger partial charge in [0.1, 0.15) is 10.9 Å². The van der Waals surface area contributed by atoms with Crippen LogP contribution in [0.3, 0.4) is 0 Å². The van der Waals surface area contributed by atoms with Gasteiger partial charge in [0, 0.05) is 0 Å². The topological polar surface area (TPSA) is 58.0 Å². The summed E-state index contributed by atoms with van der Waals surface area (Å²) in [6, 6.07) is 14.9. The molecule has 5 heteroatoms. The Morgan fingerprint density at radius 3 is 2.74 bits per heavy atom. The van der Waals surface area contributed by atoms with Crippen molar-refractivity contribution in [2.75, 3.05) is 5.59 Å². The molecule has 0 spiro atoms. The van der Waals surface area contributed by atoms with Gasteiger partial charge in [-0.25, -0.2) is 9.78 Å². The second-order valence-corrected chi connectivity index (χ2v) is 4.34. The Hall–Kier alpha value is -2.82. The summed E-state index contributed by atoms with van der Waals surface area (Å²) >= 11 is 0. The molecule has 3 aromatic rings. The van der Waals surface area contributed by atoms with Gasteiger partial charge in [0.25, 0.3) is 0 Å². The quantitative estimate of drug-likeness (QED) is 0.593. The zero-order chi connectivity index (χ0) is 12.8. The third-order valence-corrected chi connectivity index (χ3v) is 3.23. The van der Waals surface area contributed by atoms with Gasteiger partial charge in [-0.2, -0.15) is 0 Å². The smallest absolute Gasteiger partial charge is 0.343 e. The SMILES string of the molecule is O=c1[nH]c2[n+](c3ccccc13)NOc1ccccc1-2. The van der Waals surface area contributed by atoms with Crippen molar-refractivity contribution in [3.63, 3.8) is 0 Å². The van der Waals surface area contributed by atoms with E-state index >= 15 is 0 Å². The predicted octanol–water partition coefficient (Wildman–Crippen LogP) is 1.33. The number of H-pyrrole nitrogens is 1. The molecule has 0 radical (unpaired) electrons. The fraction of sp³-hybridized carbons (Fsp3) is 0. The highest BCUT2D eigenvalue weighted by atomic mass is 16.7. The molecular weight excluding hydrogens is 242 g/mol. The highest BCUT2D eigenvalue weighted by Crippen LogP contribution is 2.27. The maximum Gasteiger partial charge on any atom is 0.343 e. The molecule has 2 N–H and O–H groups in total. The van der Waals surface area contributed by atoms with Gasteiger partial charge in [-0.1, -0.05) is 34.5 Å². The molecular formula is C14H10N3O2+. The molecule has 19 heavy (non-hydrogen) atoms.